The van der Waals surface area contributed by atoms with Gasteiger partial charge in [0.25, 0.3) is 0 Å². The molecule has 0 spiro atoms. The van der Waals surface area contributed by atoms with Gasteiger partial charge < -0.3 is 16.3 Å². The van der Waals surface area contributed by atoms with Crippen LogP contribution in [0.4, 0.5) is 0 Å². The van der Waals surface area contributed by atoms with Crippen molar-refractivity contribution in [3.63, 3.8) is 0 Å². The van der Waals surface area contributed by atoms with Crippen molar-refractivity contribution in [2.24, 2.45) is 22.2 Å². The zero-order valence-electron chi connectivity index (χ0n) is 10.7. The molecule has 0 aromatic rings. The molecule has 0 heterocycles. The van der Waals surface area contributed by atoms with Crippen molar-refractivity contribution in [1.29, 1.82) is 0 Å². The van der Waals surface area contributed by atoms with E-state index in [-0.39, 0.29) is 5.41 Å². The fourth-order valence-electron chi connectivity index (χ4n) is 1.94. The lowest BCUT2D eigenvalue weighted by atomic mass is 9.97. The van der Waals surface area contributed by atoms with Gasteiger partial charge in [0.2, 0.25) is 0 Å². The highest BCUT2D eigenvalue weighted by atomic mass is 16.4. The summed E-state index contributed by atoms with van der Waals surface area (Å²) in [6.45, 7) is 7.69. The molecular formula is C12H25N3O. The summed E-state index contributed by atoms with van der Waals surface area (Å²) in [6, 6.07) is 0.537. The Morgan fingerprint density at radius 2 is 2.12 bits per heavy atom. The predicted molar refractivity (Wildman–Crippen MR) is 66.6 cm³/mol. The Morgan fingerprint density at radius 3 is 2.56 bits per heavy atom. The topological polar surface area (TPSA) is 70.6 Å². The van der Waals surface area contributed by atoms with Gasteiger partial charge in [-0.25, -0.2) is 0 Å². The highest BCUT2D eigenvalue weighted by Gasteiger charge is 2.43. The second-order valence-corrected chi connectivity index (χ2v) is 5.32. The minimum Gasteiger partial charge on any atom is -0.409 e. The number of hydrogen-bond acceptors (Lipinski definition) is 3. The molecular weight excluding hydrogens is 202 g/mol. The lowest BCUT2D eigenvalue weighted by Crippen LogP contribution is -2.37. The van der Waals surface area contributed by atoms with Crippen molar-refractivity contribution >= 4 is 5.84 Å². The van der Waals surface area contributed by atoms with Gasteiger partial charge in [0.05, 0.1) is 0 Å². The average molecular weight is 227 g/mol. The van der Waals surface area contributed by atoms with Gasteiger partial charge in [-0.3, -0.25) is 0 Å². The normalized spacial score (nSPS) is 22.8. The molecule has 0 saturated heterocycles. The molecule has 0 aromatic heterocycles. The van der Waals surface area contributed by atoms with E-state index >= 15 is 0 Å². The Labute approximate surface area is 98.3 Å². The molecule has 94 valence electrons. The van der Waals surface area contributed by atoms with Gasteiger partial charge >= 0.3 is 0 Å². The molecule has 1 rings (SSSR count). The van der Waals surface area contributed by atoms with Gasteiger partial charge in [0.1, 0.15) is 5.84 Å². The average Bonchev–Trinajstić information content (AvgIpc) is 3.05. The van der Waals surface area contributed by atoms with Crippen molar-refractivity contribution in [3.05, 3.63) is 0 Å². The molecule has 1 fully saturated rings. The van der Waals surface area contributed by atoms with Crippen molar-refractivity contribution in [3.8, 4) is 0 Å². The molecule has 0 radical (unpaired) electrons. The molecule has 4 heteroatoms. The number of amidine groups is 1. The fraction of sp³-hybridized carbons (Fsp3) is 0.917. The van der Waals surface area contributed by atoms with Crippen LogP contribution < -0.4 is 11.1 Å². The van der Waals surface area contributed by atoms with E-state index in [1.54, 1.807) is 0 Å². The lowest BCUT2D eigenvalue weighted by molar-refractivity contribution is 0.311. The summed E-state index contributed by atoms with van der Waals surface area (Å²) in [6.07, 6.45) is 4.28. The summed E-state index contributed by atoms with van der Waals surface area (Å²) < 4.78 is 0. The molecule has 1 saturated carbocycles. The van der Waals surface area contributed by atoms with Crippen LogP contribution in [0.3, 0.4) is 0 Å². The first-order valence-corrected chi connectivity index (χ1v) is 6.23. The van der Waals surface area contributed by atoms with Crippen LogP contribution in [-0.2, 0) is 0 Å². The molecule has 16 heavy (non-hydrogen) atoms. The van der Waals surface area contributed by atoms with Gasteiger partial charge in [-0.2, -0.15) is 0 Å². The third kappa shape index (κ3) is 3.67. The Kier molecular flexibility index (Phi) is 4.59. The van der Waals surface area contributed by atoms with Crippen LogP contribution in [0.15, 0.2) is 5.16 Å². The fourth-order valence-corrected chi connectivity index (χ4v) is 1.94. The molecule has 2 unspecified atom stereocenters. The molecule has 0 aromatic carbocycles. The summed E-state index contributed by atoms with van der Waals surface area (Å²) in [5, 5.41) is 15.2. The highest BCUT2D eigenvalue weighted by Crippen LogP contribution is 2.48. The third-order valence-corrected chi connectivity index (χ3v) is 3.94. The summed E-state index contributed by atoms with van der Waals surface area (Å²) in [5.74, 6) is 1.05. The zero-order valence-corrected chi connectivity index (χ0v) is 10.7. The monoisotopic (exact) mass is 227 g/mol. The SMILES string of the molecule is CCC(C)C(C)NCC1(CC(N)=NO)CC1. The summed E-state index contributed by atoms with van der Waals surface area (Å²) in [5.41, 5.74) is 5.83. The van der Waals surface area contributed by atoms with E-state index in [0.29, 0.717) is 24.2 Å². The molecule has 1 aliphatic carbocycles. The van der Waals surface area contributed by atoms with E-state index in [9.17, 15) is 0 Å². The first-order valence-electron chi connectivity index (χ1n) is 6.23. The van der Waals surface area contributed by atoms with Crippen LogP contribution in [0.25, 0.3) is 0 Å². The predicted octanol–water partition coefficient (Wildman–Crippen LogP) is 1.93. The standard InChI is InChI=1S/C12H25N3O/c1-4-9(2)10(3)14-8-12(5-6-12)7-11(13)15-16/h9-10,14,16H,4-8H2,1-3H3,(H2,13,15). The van der Waals surface area contributed by atoms with E-state index < -0.39 is 0 Å². The van der Waals surface area contributed by atoms with Crippen LogP contribution in [0.2, 0.25) is 0 Å². The number of oxime groups is 1. The van der Waals surface area contributed by atoms with E-state index in [4.69, 9.17) is 10.9 Å². The first-order chi connectivity index (χ1) is 7.53. The third-order valence-electron chi connectivity index (χ3n) is 3.94. The first kappa shape index (κ1) is 13.3. The molecule has 4 N–H and O–H groups in total. The Morgan fingerprint density at radius 1 is 1.50 bits per heavy atom. The zero-order chi connectivity index (χ0) is 12.2. The van der Waals surface area contributed by atoms with Gasteiger partial charge in [-0.05, 0) is 31.1 Å². The van der Waals surface area contributed by atoms with E-state index in [1.165, 1.54) is 19.3 Å². The second kappa shape index (κ2) is 5.53. The van der Waals surface area contributed by atoms with Crippen LogP contribution in [0.1, 0.15) is 46.5 Å². The van der Waals surface area contributed by atoms with Crippen LogP contribution >= 0.6 is 0 Å². The summed E-state index contributed by atoms with van der Waals surface area (Å²) in [4.78, 5) is 0. The number of nitrogens with two attached hydrogens (primary N) is 1. The second-order valence-electron chi connectivity index (χ2n) is 5.32. The van der Waals surface area contributed by atoms with Crippen molar-refractivity contribution in [2.45, 2.75) is 52.5 Å². The molecule has 0 aliphatic heterocycles. The van der Waals surface area contributed by atoms with Gasteiger partial charge in [-0.1, -0.05) is 25.4 Å². The van der Waals surface area contributed by atoms with E-state index in [0.717, 1.165) is 6.54 Å². The molecule has 4 nitrogen and oxygen atoms in total. The van der Waals surface area contributed by atoms with Crippen molar-refractivity contribution in [1.82, 2.24) is 5.32 Å². The maximum Gasteiger partial charge on any atom is 0.139 e. The summed E-state index contributed by atoms with van der Waals surface area (Å²) in [7, 11) is 0. The van der Waals surface area contributed by atoms with Gasteiger partial charge in [0, 0.05) is 19.0 Å². The molecule has 0 bridgehead atoms. The number of rotatable bonds is 7. The van der Waals surface area contributed by atoms with Crippen molar-refractivity contribution < 1.29 is 5.21 Å². The largest absolute Gasteiger partial charge is 0.409 e. The maximum atomic E-state index is 8.57. The minimum absolute atomic E-state index is 0.262. The Hall–Kier alpha value is -0.770. The molecule has 1 aliphatic rings. The Balaban J connectivity index is 2.32. The van der Waals surface area contributed by atoms with E-state index in [1.807, 2.05) is 0 Å². The number of nitrogens with one attached hydrogen (secondary N) is 1. The highest BCUT2D eigenvalue weighted by molar-refractivity contribution is 5.80. The van der Waals surface area contributed by atoms with Crippen LogP contribution in [-0.4, -0.2) is 23.6 Å². The maximum absolute atomic E-state index is 8.57. The van der Waals surface area contributed by atoms with Crippen LogP contribution in [0, 0.1) is 11.3 Å². The number of nitrogens with zero attached hydrogens (tertiary/aromatic N) is 1. The van der Waals surface area contributed by atoms with Crippen molar-refractivity contribution in [2.75, 3.05) is 6.54 Å². The molecule has 2 atom stereocenters. The quantitative estimate of drug-likeness (QED) is 0.269. The minimum atomic E-state index is 0.262. The lowest BCUT2D eigenvalue weighted by Gasteiger charge is -2.23. The Bertz CT molecular complexity index is 249. The smallest absolute Gasteiger partial charge is 0.139 e. The van der Waals surface area contributed by atoms with Gasteiger partial charge in [0.15, 0.2) is 0 Å². The summed E-state index contributed by atoms with van der Waals surface area (Å²) >= 11 is 0. The molecule has 0 amide bonds. The number of hydrogen-bond donors (Lipinski definition) is 3. The van der Waals surface area contributed by atoms with Crippen LogP contribution in [0.5, 0.6) is 0 Å². The van der Waals surface area contributed by atoms with E-state index in [2.05, 4.69) is 31.2 Å². The van der Waals surface area contributed by atoms with Gasteiger partial charge in [-0.15, -0.1) is 0 Å².